The van der Waals surface area contributed by atoms with Gasteiger partial charge in [-0.15, -0.1) is 6.42 Å². The molecule has 0 aliphatic carbocycles. The van der Waals surface area contributed by atoms with Crippen LogP contribution in [-0.2, 0) is 16.0 Å². The number of ether oxygens (including phenoxy) is 2. The van der Waals surface area contributed by atoms with E-state index in [1.165, 1.54) is 0 Å². The number of amides is 2. The molecule has 2 amide bonds. The van der Waals surface area contributed by atoms with Crippen molar-refractivity contribution in [2.24, 2.45) is 5.92 Å². The van der Waals surface area contributed by atoms with E-state index in [9.17, 15) is 9.59 Å². The number of carbonyl (C=O) groups is 2. The number of unbranched alkanes of at least 4 members (excludes halogenated alkanes) is 1. The molecule has 180 valence electrons. The average molecular weight is 463 g/mol. The summed E-state index contributed by atoms with van der Waals surface area (Å²) >= 11 is 0. The molecule has 2 aromatic carbocycles. The van der Waals surface area contributed by atoms with E-state index in [2.05, 4.69) is 18.2 Å². The van der Waals surface area contributed by atoms with E-state index in [-0.39, 0.29) is 30.4 Å². The number of benzene rings is 2. The van der Waals surface area contributed by atoms with Crippen LogP contribution in [0.4, 0.5) is 0 Å². The summed E-state index contributed by atoms with van der Waals surface area (Å²) in [6.07, 6.45) is 8.77. The molecule has 0 saturated carbocycles. The van der Waals surface area contributed by atoms with Crippen LogP contribution < -0.4 is 14.8 Å². The first-order valence-electron chi connectivity index (χ1n) is 11.9. The molecule has 1 aliphatic rings. The van der Waals surface area contributed by atoms with Crippen LogP contribution in [0.1, 0.15) is 49.8 Å². The highest BCUT2D eigenvalue weighted by Crippen LogP contribution is 2.37. The van der Waals surface area contributed by atoms with E-state index < -0.39 is 0 Å². The van der Waals surface area contributed by atoms with Crippen LogP contribution in [0, 0.1) is 18.3 Å². The molecule has 6 nitrogen and oxygen atoms in total. The molecule has 0 aromatic heterocycles. The third-order valence-corrected chi connectivity index (χ3v) is 6.21. The van der Waals surface area contributed by atoms with Crippen molar-refractivity contribution in [1.29, 1.82) is 0 Å². The van der Waals surface area contributed by atoms with Gasteiger partial charge in [0.1, 0.15) is 18.1 Å². The number of nitrogens with one attached hydrogen (secondary N) is 1. The monoisotopic (exact) mass is 462 g/mol. The Bertz CT molecular complexity index is 979. The van der Waals surface area contributed by atoms with E-state index in [4.69, 9.17) is 15.9 Å². The van der Waals surface area contributed by atoms with Crippen molar-refractivity contribution in [1.82, 2.24) is 10.2 Å². The van der Waals surface area contributed by atoms with E-state index in [1.807, 2.05) is 53.4 Å². The zero-order valence-corrected chi connectivity index (χ0v) is 20.1. The fourth-order valence-electron chi connectivity index (χ4n) is 4.37. The number of carbonyl (C=O) groups excluding carboxylic acids is 2. The molecule has 1 N–H and O–H groups in total. The Morgan fingerprint density at radius 1 is 1.15 bits per heavy atom. The Kier molecular flexibility index (Phi) is 9.40. The third-order valence-electron chi connectivity index (χ3n) is 6.21. The molecular formula is C28H34N2O4. The Balaban J connectivity index is 1.68. The molecule has 2 aromatic rings. The predicted molar refractivity (Wildman–Crippen MR) is 133 cm³/mol. The second-order valence-corrected chi connectivity index (χ2v) is 8.48. The Hall–Kier alpha value is -3.46. The van der Waals surface area contributed by atoms with Crippen LogP contribution in [0.5, 0.6) is 11.5 Å². The maximum Gasteiger partial charge on any atom is 0.225 e. The molecule has 0 bridgehead atoms. The summed E-state index contributed by atoms with van der Waals surface area (Å²) < 4.78 is 10.7. The number of methoxy groups -OCH3 is 1. The van der Waals surface area contributed by atoms with Crippen molar-refractivity contribution in [3.05, 3.63) is 59.7 Å². The second-order valence-electron chi connectivity index (χ2n) is 8.48. The number of terminal acetylenes is 1. The lowest BCUT2D eigenvalue weighted by Gasteiger charge is -2.41. The molecule has 2 atom stereocenters. The standard InChI is InChI=1S/C28H34N2O4/c1-4-6-19-30-26(31)16-15-25(27(30)22-9-13-23(33-3)14-10-22)28(32)29-18-17-21-7-11-24(12-8-21)34-20-5-2/h2,7-14,25,27H,4,6,15-20H2,1,3H3,(H,29,32)/t25-,27-/m1/s1. The molecule has 6 heteroatoms. The largest absolute Gasteiger partial charge is 0.497 e. The highest BCUT2D eigenvalue weighted by molar-refractivity contribution is 5.85. The molecule has 3 rings (SSSR count). The van der Waals surface area contributed by atoms with Gasteiger partial charge in [-0.25, -0.2) is 0 Å². The van der Waals surface area contributed by atoms with E-state index in [1.54, 1.807) is 7.11 Å². The molecule has 1 fully saturated rings. The van der Waals surface area contributed by atoms with E-state index in [0.29, 0.717) is 32.4 Å². The molecule has 1 heterocycles. The SMILES string of the molecule is C#CCOc1ccc(CCNC(=O)[C@@H]2CCC(=O)N(CCCC)[C@@H]2c2ccc(OC)cc2)cc1. The summed E-state index contributed by atoms with van der Waals surface area (Å²) in [5.41, 5.74) is 2.07. The first-order valence-corrected chi connectivity index (χ1v) is 11.9. The van der Waals surface area contributed by atoms with E-state index >= 15 is 0 Å². The summed E-state index contributed by atoms with van der Waals surface area (Å²) in [5, 5.41) is 3.10. The van der Waals surface area contributed by atoms with Crippen molar-refractivity contribution < 1.29 is 19.1 Å². The normalized spacial score (nSPS) is 17.7. The van der Waals surface area contributed by atoms with Crippen molar-refractivity contribution in [2.75, 3.05) is 26.8 Å². The number of likely N-dealkylation sites (tertiary alicyclic amines) is 1. The number of rotatable bonds is 11. The molecule has 34 heavy (non-hydrogen) atoms. The quantitative estimate of drug-likeness (QED) is 0.510. The van der Waals surface area contributed by atoms with Crippen LogP contribution in [0.15, 0.2) is 48.5 Å². The van der Waals surface area contributed by atoms with Gasteiger partial charge in [0.15, 0.2) is 0 Å². The lowest BCUT2D eigenvalue weighted by Crippen LogP contribution is -2.48. The highest BCUT2D eigenvalue weighted by Gasteiger charge is 2.40. The highest BCUT2D eigenvalue weighted by atomic mass is 16.5. The lowest BCUT2D eigenvalue weighted by atomic mass is 9.83. The zero-order valence-electron chi connectivity index (χ0n) is 20.1. The van der Waals surface area contributed by atoms with Gasteiger partial charge in [0.05, 0.1) is 19.1 Å². The lowest BCUT2D eigenvalue weighted by molar-refractivity contribution is -0.143. The average Bonchev–Trinajstić information content (AvgIpc) is 2.87. The number of hydrogen-bond donors (Lipinski definition) is 1. The third kappa shape index (κ3) is 6.54. The van der Waals surface area contributed by atoms with Crippen molar-refractivity contribution >= 4 is 11.8 Å². The molecule has 0 radical (unpaired) electrons. The molecule has 0 unspecified atom stereocenters. The van der Waals surface area contributed by atoms with E-state index in [0.717, 1.165) is 35.5 Å². The van der Waals surface area contributed by atoms with Gasteiger partial charge >= 0.3 is 0 Å². The van der Waals surface area contributed by atoms with Gasteiger partial charge in [0.2, 0.25) is 11.8 Å². The van der Waals surface area contributed by atoms with Crippen LogP contribution in [-0.4, -0.2) is 43.5 Å². The van der Waals surface area contributed by atoms with Crippen LogP contribution >= 0.6 is 0 Å². The molecular weight excluding hydrogens is 428 g/mol. The summed E-state index contributed by atoms with van der Waals surface area (Å²) in [6, 6.07) is 15.1. The van der Waals surface area contributed by atoms with Crippen molar-refractivity contribution in [3.8, 4) is 23.8 Å². The van der Waals surface area contributed by atoms with Gasteiger partial charge in [-0.1, -0.05) is 43.5 Å². The fourth-order valence-corrected chi connectivity index (χ4v) is 4.37. The van der Waals surface area contributed by atoms with Crippen LogP contribution in [0.25, 0.3) is 0 Å². The van der Waals surface area contributed by atoms with Crippen LogP contribution in [0.2, 0.25) is 0 Å². The Morgan fingerprint density at radius 2 is 1.85 bits per heavy atom. The summed E-state index contributed by atoms with van der Waals surface area (Å²) in [6.45, 7) is 3.53. The van der Waals surface area contributed by atoms with Crippen molar-refractivity contribution in [3.63, 3.8) is 0 Å². The fraction of sp³-hybridized carbons (Fsp3) is 0.429. The number of nitrogens with zero attached hydrogens (tertiary/aromatic N) is 1. The summed E-state index contributed by atoms with van der Waals surface area (Å²) in [5.74, 6) is 3.74. The minimum atomic E-state index is -0.289. The summed E-state index contributed by atoms with van der Waals surface area (Å²) in [4.78, 5) is 28.0. The van der Waals surface area contributed by atoms with Gasteiger partial charge in [-0.3, -0.25) is 9.59 Å². The summed E-state index contributed by atoms with van der Waals surface area (Å²) in [7, 11) is 1.63. The maximum atomic E-state index is 13.3. The Labute approximate surface area is 202 Å². The van der Waals surface area contributed by atoms with Gasteiger partial charge in [0.25, 0.3) is 0 Å². The number of hydrogen-bond acceptors (Lipinski definition) is 4. The first kappa shape index (κ1) is 25.2. The van der Waals surface area contributed by atoms with Crippen LogP contribution in [0.3, 0.4) is 0 Å². The van der Waals surface area contributed by atoms with Gasteiger partial charge in [-0.2, -0.15) is 0 Å². The van der Waals surface area contributed by atoms with Gasteiger partial charge < -0.3 is 19.7 Å². The van der Waals surface area contributed by atoms with Gasteiger partial charge in [-0.05, 0) is 54.7 Å². The van der Waals surface area contributed by atoms with Crippen molar-refractivity contribution in [2.45, 2.75) is 45.1 Å². The smallest absolute Gasteiger partial charge is 0.225 e. The maximum absolute atomic E-state index is 13.3. The molecule has 1 saturated heterocycles. The molecule has 1 aliphatic heterocycles. The number of piperidine rings is 1. The predicted octanol–water partition coefficient (Wildman–Crippen LogP) is 4.15. The Morgan fingerprint density at radius 3 is 2.50 bits per heavy atom. The zero-order chi connectivity index (χ0) is 24.3. The minimum absolute atomic E-state index is 0.0104. The first-order chi connectivity index (χ1) is 16.6. The molecule has 0 spiro atoms. The second kappa shape index (κ2) is 12.7. The minimum Gasteiger partial charge on any atom is -0.497 e. The topological polar surface area (TPSA) is 67.9 Å². The van der Waals surface area contributed by atoms with Gasteiger partial charge in [0, 0.05) is 19.5 Å².